The van der Waals surface area contributed by atoms with Gasteiger partial charge in [-0.3, -0.25) is 4.79 Å². The molecule has 0 atom stereocenters. The first kappa shape index (κ1) is 13.9. The van der Waals surface area contributed by atoms with Crippen LogP contribution in [0.5, 0.6) is 5.75 Å². The summed E-state index contributed by atoms with van der Waals surface area (Å²) in [4.78, 5) is 16.6. The minimum Gasteiger partial charge on any atom is -0.494 e. The highest BCUT2D eigenvalue weighted by molar-refractivity contribution is 6.06. The number of ether oxygens (including phenoxy) is 1. The van der Waals surface area contributed by atoms with Gasteiger partial charge < -0.3 is 15.8 Å². The van der Waals surface area contributed by atoms with E-state index in [1.54, 1.807) is 18.2 Å². The largest absolute Gasteiger partial charge is 0.494 e. The molecule has 0 aliphatic heterocycles. The SMILES string of the molecule is COc1c(N)cccc1C(=O)Nc1cc(C)cc(C)n1. The molecule has 5 heteroatoms. The maximum atomic E-state index is 12.3. The molecule has 0 bridgehead atoms. The fourth-order valence-electron chi connectivity index (χ4n) is 2.05. The zero-order valence-electron chi connectivity index (χ0n) is 11.7. The maximum Gasteiger partial charge on any atom is 0.260 e. The summed E-state index contributed by atoms with van der Waals surface area (Å²) in [5.41, 5.74) is 8.48. The summed E-state index contributed by atoms with van der Waals surface area (Å²) in [6, 6.07) is 8.81. The Balaban J connectivity index is 2.31. The highest BCUT2D eigenvalue weighted by Gasteiger charge is 2.15. The van der Waals surface area contributed by atoms with E-state index in [0.29, 0.717) is 22.8 Å². The number of nitrogen functional groups attached to an aromatic ring is 1. The summed E-state index contributed by atoms with van der Waals surface area (Å²) < 4.78 is 5.18. The number of rotatable bonds is 3. The normalized spacial score (nSPS) is 10.2. The molecular formula is C15H17N3O2. The predicted molar refractivity (Wildman–Crippen MR) is 79.1 cm³/mol. The van der Waals surface area contributed by atoms with Crippen LogP contribution in [0.15, 0.2) is 30.3 Å². The Bertz CT molecular complexity index is 633. The molecule has 5 nitrogen and oxygen atoms in total. The number of carbonyl (C=O) groups excluding carboxylic acids is 1. The van der Waals surface area contributed by atoms with Crippen molar-refractivity contribution in [3.05, 3.63) is 47.2 Å². The number of nitrogens with two attached hydrogens (primary N) is 1. The van der Waals surface area contributed by atoms with E-state index in [-0.39, 0.29) is 5.91 Å². The molecule has 0 saturated heterocycles. The highest BCUT2D eigenvalue weighted by Crippen LogP contribution is 2.26. The second-order valence-electron chi connectivity index (χ2n) is 4.55. The first-order chi connectivity index (χ1) is 9.51. The van der Waals surface area contributed by atoms with Gasteiger partial charge in [0.05, 0.1) is 18.4 Å². The molecule has 1 heterocycles. The fourth-order valence-corrected chi connectivity index (χ4v) is 2.05. The number of nitrogens with one attached hydrogen (secondary N) is 1. The Kier molecular flexibility index (Phi) is 3.89. The van der Waals surface area contributed by atoms with Gasteiger partial charge in [-0.2, -0.15) is 0 Å². The van der Waals surface area contributed by atoms with Crippen LogP contribution in [0.4, 0.5) is 11.5 Å². The third-order valence-corrected chi connectivity index (χ3v) is 2.83. The van der Waals surface area contributed by atoms with E-state index < -0.39 is 0 Å². The number of nitrogens with zero attached hydrogens (tertiary/aromatic N) is 1. The lowest BCUT2D eigenvalue weighted by Crippen LogP contribution is -2.15. The van der Waals surface area contributed by atoms with Gasteiger partial charge in [-0.1, -0.05) is 6.07 Å². The van der Waals surface area contributed by atoms with Gasteiger partial charge in [0.15, 0.2) is 5.75 Å². The first-order valence-corrected chi connectivity index (χ1v) is 6.20. The van der Waals surface area contributed by atoms with Crippen LogP contribution in [-0.2, 0) is 0 Å². The van der Waals surface area contributed by atoms with E-state index in [9.17, 15) is 4.79 Å². The quantitative estimate of drug-likeness (QED) is 0.841. The lowest BCUT2D eigenvalue weighted by atomic mass is 10.1. The van der Waals surface area contributed by atoms with Crippen LogP contribution >= 0.6 is 0 Å². The van der Waals surface area contributed by atoms with E-state index in [2.05, 4.69) is 10.3 Å². The lowest BCUT2D eigenvalue weighted by molar-refractivity contribution is 0.102. The van der Waals surface area contributed by atoms with Gasteiger partial charge in [-0.05, 0) is 43.7 Å². The fraction of sp³-hybridized carbons (Fsp3) is 0.200. The van der Waals surface area contributed by atoms with Gasteiger partial charge in [0.1, 0.15) is 5.82 Å². The molecule has 0 radical (unpaired) electrons. The molecule has 2 aromatic rings. The van der Waals surface area contributed by atoms with Crippen molar-refractivity contribution in [1.29, 1.82) is 0 Å². The van der Waals surface area contributed by atoms with Crippen LogP contribution in [0.2, 0.25) is 0 Å². The number of para-hydroxylation sites is 1. The second kappa shape index (κ2) is 5.61. The smallest absolute Gasteiger partial charge is 0.260 e. The van der Waals surface area contributed by atoms with Crippen molar-refractivity contribution in [3.8, 4) is 5.75 Å². The molecule has 104 valence electrons. The van der Waals surface area contributed by atoms with Crippen molar-refractivity contribution in [2.24, 2.45) is 0 Å². The molecule has 2 rings (SSSR count). The molecule has 0 unspecified atom stereocenters. The minimum absolute atomic E-state index is 0.299. The lowest BCUT2D eigenvalue weighted by Gasteiger charge is -2.11. The molecule has 0 aliphatic rings. The van der Waals surface area contributed by atoms with Crippen LogP contribution in [0.25, 0.3) is 0 Å². The Hall–Kier alpha value is -2.56. The summed E-state index contributed by atoms with van der Waals surface area (Å²) in [6.07, 6.45) is 0. The summed E-state index contributed by atoms with van der Waals surface area (Å²) in [6.45, 7) is 3.83. The Labute approximate surface area is 117 Å². The van der Waals surface area contributed by atoms with Crippen LogP contribution in [0.3, 0.4) is 0 Å². The number of hydrogen-bond donors (Lipinski definition) is 2. The number of aryl methyl sites for hydroxylation is 2. The Morgan fingerprint density at radius 2 is 2.05 bits per heavy atom. The molecule has 0 saturated carbocycles. The van der Waals surface area contributed by atoms with Crippen molar-refractivity contribution in [3.63, 3.8) is 0 Å². The molecule has 1 aromatic heterocycles. The summed E-state index contributed by atoms with van der Waals surface area (Å²) in [5.74, 6) is 0.581. The summed E-state index contributed by atoms with van der Waals surface area (Å²) in [5, 5.41) is 2.76. The van der Waals surface area contributed by atoms with Gasteiger partial charge in [0.2, 0.25) is 0 Å². The Morgan fingerprint density at radius 1 is 1.30 bits per heavy atom. The van der Waals surface area contributed by atoms with Crippen molar-refractivity contribution >= 4 is 17.4 Å². The summed E-state index contributed by atoms with van der Waals surface area (Å²) in [7, 11) is 1.48. The standard InChI is InChI=1S/C15H17N3O2/c1-9-7-10(2)17-13(8-9)18-15(19)11-5-4-6-12(16)14(11)20-3/h4-8H,16H2,1-3H3,(H,17,18,19). The van der Waals surface area contributed by atoms with E-state index in [1.165, 1.54) is 7.11 Å². The van der Waals surface area contributed by atoms with Crippen molar-refractivity contribution in [2.45, 2.75) is 13.8 Å². The highest BCUT2D eigenvalue weighted by atomic mass is 16.5. The Morgan fingerprint density at radius 3 is 2.70 bits per heavy atom. The number of benzene rings is 1. The summed E-state index contributed by atoms with van der Waals surface area (Å²) >= 11 is 0. The molecular weight excluding hydrogens is 254 g/mol. The molecule has 20 heavy (non-hydrogen) atoms. The molecule has 1 amide bonds. The van der Waals surface area contributed by atoms with Crippen molar-refractivity contribution in [1.82, 2.24) is 4.98 Å². The third kappa shape index (κ3) is 2.88. The number of methoxy groups -OCH3 is 1. The number of hydrogen-bond acceptors (Lipinski definition) is 4. The third-order valence-electron chi connectivity index (χ3n) is 2.83. The minimum atomic E-state index is -0.299. The van der Waals surface area contributed by atoms with Crippen LogP contribution in [0.1, 0.15) is 21.6 Å². The van der Waals surface area contributed by atoms with Gasteiger partial charge in [-0.25, -0.2) is 4.98 Å². The average Bonchev–Trinajstić information content (AvgIpc) is 2.37. The number of pyridine rings is 1. The molecule has 0 spiro atoms. The maximum absolute atomic E-state index is 12.3. The number of aromatic nitrogens is 1. The van der Waals surface area contributed by atoms with Crippen LogP contribution < -0.4 is 15.8 Å². The van der Waals surface area contributed by atoms with E-state index in [0.717, 1.165) is 11.3 Å². The number of carbonyl (C=O) groups is 1. The van der Waals surface area contributed by atoms with Gasteiger partial charge >= 0.3 is 0 Å². The number of anilines is 2. The van der Waals surface area contributed by atoms with Crippen LogP contribution in [-0.4, -0.2) is 18.0 Å². The number of amides is 1. The zero-order chi connectivity index (χ0) is 14.7. The molecule has 0 fully saturated rings. The zero-order valence-corrected chi connectivity index (χ0v) is 11.7. The molecule has 1 aromatic carbocycles. The molecule has 0 aliphatic carbocycles. The first-order valence-electron chi connectivity index (χ1n) is 6.20. The second-order valence-corrected chi connectivity index (χ2v) is 4.55. The predicted octanol–water partition coefficient (Wildman–Crippen LogP) is 2.54. The van der Waals surface area contributed by atoms with E-state index in [4.69, 9.17) is 10.5 Å². The average molecular weight is 271 g/mol. The topological polar surface area (TPSA) is 77.2 Å². The van der Waals surface area contributed by atoms with Gasteiger partial charge in [0, 0.05) is 5.69 Å². The molecule has 3 N–H and O–H groups in total. The van der Waals surface area contributed by atoms with E-state index >= 15 is 0 Å². The van der Waals surface area contributed by atoms with Crippen molar-refractivity contribution < 1.29 is 9.53 Å². The van der Waals surface area contributed by atoms with E-state index in [1.807, 2.05) is 26.0 Å². The van der Waals surface area contributed by atoms with Crippen molar-refractivity contribution in [2.75, 3.05) is 18.2 Å². The van der Waals surface area contributed by atoms with Crippen LogP contribution in [0, 0.1) is 13.8 Å². The monoisotopic (exact) mass is 271 g/mol. The van der Waals surface area contributed by atoms with Gasteiger partial charge in [-0.15, -0.1) is 0 Å². The van der Waals surface area contributed by atoms with Gasteiger partial charge in [0.25, 0.3) is 5.91 Å².